The van der Waals surface area contributed by atoms with Crippen LogP contribution in [0.4, 0.5) is 8.78 Å². The number of hydrogen-bond donors (Lipinski definition) is 2. The maximum atomic E-state index is 12.6. The van der Waals surface area contributed by atoms with E-state index in [1.807, 2.05) is 24.3 Å². The van der Waals surface area contributed by atoms with Crippen LogP contribution in [0.3, 0.4) is 0 Å². The third-order valence-electron chi connectivity index (χ3n) is 4.18. The number of ether oxygens (including phenoxy) is 3. The van der Waals surface area contributed by atoms with E-state index in [-0.39, 0.29) is 48.3 Å². The molecule has 1 aliphatic heterocycles. The number of nitrogens with two attached hydrogens (primary N) is 1. The van der Waals surface area contributed by atoms with Gasteiger partial charge in [0.2, 0.25) is 0 Å². The van der Waals surface area contributed by atoms with Crippen LogP contribution in [-0.4, -0.2) is 26.3 Å². The van der Waals surface area contributed by atoms with Gasteiger partial charge in [-0.1, -0.05) is 18.2 Å². The summed E-state index contributed by atoms with van der Waals surface area (Å²) in [6, 6.07) is 12.3. The number of nitrogens with one attached hydrogen (secondary N) is 1. The number of hydrogen-bond acceptors (Lipinski definition) is 4. The highest BCUT2D eigenvalue weighted by Crippen LogP contribution is 2.31. The molecule has 152 valence electrons. The minimum absolute atomic E-state index is 0. The lowest BCUT2D eigenvalue weighted by Crippen LogP contribution is -2.37. The van der Waals surface area contributed by atoms with E-state index in [9.17, 15) is 8.78 Å². The lowest BCUT2D eigenvalue weighted by molar-refractivity contribution is -0.0504. The summed E-state index contributed by atoms with van der Waals surface area (Å²) in [6.45, 7) is -2.27. The lowest BCUT2D eigenvalue weighted by atomic mass is 10.0. The molecule has 2 aromatic carbocycles. The minimum atomic E-state index is -2.92. The van der Waals surface area contributed by atoms with Crippen molar-refractivity contribution in [3.05, 3.63) is 53.6 Å². The normalized spacial score (nSPS) is 15.9. The molecule has 0 bridgehead atoms. The average molecular weight is 505 g/mol. The highest BCUT2D eigenvalue weighted by Gasteiger charge is 2.21. The van der Waals surface area contributed by atoms with E-state index in [1.165, 1.54) is 13.2 Å². The van der Waals surface area contributed by atoms with Gasteiger partial charge in [-0.15, -0.1) is 24.0 Å². The van der Waals surface area contributed by atoms with Gasteiger partial charge in [0.05, 0.1) is 26.3 Å². The predicted octanol–water partition coefficient (Wildman–Crippen LogP) is 3.84. The van der Waals surface area contributed by atoms with Gasteiger partial charge in [-0.25, -0.2) is 4.99 Å². The molecule has 0 spiro atoms. The van der Waals surface area contributed by atoms with Gasteiger partial charge in [0.1, 0.15) is 17.2 Å². The second-order valence-electron chi connectivity index (χ2n) is 5.93. The molecule has 1 unspecified atom stereocenters. The van der Waals surface area contributed by atoms with E-state index in [1.54, 1.807) is 12.1 Å². The van der Waals surface area contributed by atoms with Crippen molar-refractivity contribution in [3.8, 4) is 17.2 Å². The minimum Gasteiger partial charge on any atom is -0.497 e. The molecule has 1 atom stereocenters. The summed E-state index contributed by atoms with van der Waals surface area (Å²) < 4.78 is 40.5. The Morgan fingerprint density at radius 2 is 2.11 bits per heavy atom. The molecule has 1 heterocycles. The number of nitrogens with zero attached hydrogens (tertiary/aromatic N) is 1. The summed E-state index contributed by atoms with van der Waals surface area (Å²) in [5.74, 6) is 1.59. The molecular weight excluding hydrogens is 483 g/mol. The highest BCUT2D eigenvalue weighted by atomic mass is 127. The molecule has 0 saturated carbocycles. The smallest absolute Gasteiger partial charge is 0.387 e. The molecule has 0 radical (unpaired) electrons. The first-order valence-corrected chi connectivity index (χ1v) is 8.46. The fourth-order valence-electron chi connectivity index (χ4n) is 2.90. The van der Waals surface area contributed by atoms with E-state index in [0.29, 0.717) is 17.9 Å². The molecule has 6 nitrogen and oxygen atoms in total. The number of aliphatic imine (C=N–C) groups is 1. The maximum absolute atomic E-state index is 12.6. The first-order chi connectivity index (χ1) is 13.1. The number of fused-ring (bicyclic) bond motifs is 1. The van der Waals surface area contributed by atoms with Crippen molar-refractivity contribution in [2.45, 2.75) is 25.6 Å². The van der Waals surface area contributed by atoms with Crippen LogP contribution in [0.5, 0.6) is 17.2 Å². The second kappa shape index (κ2) is 10.3. The Bertz CT molecular complexity index is 821. The molecule has 1 aliphatic rings. The van der Waals surface area contributed by atoms with Crippen LogP contribution in [0.2, 0.25) is 0 Å². The van der Waals surface area contributed by atoms with Gasteiger partial charge in [-0.2, -0.15) is 8.78 Å². The maximum Gasteiger partial charge on any atom is 0.387 e. The van der Waals surface area contributed by atoms with Crippen LogP contribution in [0.1, 0.15) is 23.6 Å². The predicted molar refractivity (Wildman–Crippen MR) is 113 cm³/mol. The van der Waals surface area contributed by atoms with Crippen molar-refractivity contribution >= 4 is 29.9 Å². The zero-order valence-electron chi connectivity index (χ0n) is 15.2. The Kier molecular flexibility index (Phi) is 8.09. The number of para-hydroxylation sites is 1. The number of benzene rings is 2. The average Bonchev–Trinajstić information content (AvgIpc) is 2.67. The van der Waals surface area contributed by atoms with Gasteiger partial charge in [0, 0.05) is 17.5 Å². The van der Waals surface area contributed by atoms with Crippen molar-refractivity contribution < 1.29 is 23.0 Å². The van der Waals surface area contributed by atoms with Crippen molar-refractivity contribution in [1.29, 1.82) is 0 Å². The van der Waals surface area contributed by atoms with E-state index in [4.69, 9.17) is 15.2 Å². The topological polar surface area (TPSA) is 78.1 Å². The summed E-state index contributed by atoms with van der Waals surface area (Å²) in [6.07, 6.45) is 0.742. The molecule has 0 saturated heterocycles. The first-order valence-electron chi connectivity index (χ1n) is 8.46. The van der Waals surface area contributed by atoms with Crippen LogP contribution in [0.15, 0.2) is 47.5 Å². The molecule has 0 fully saturated rings. The molecule has 3 rings (SSSR count). The Balaban J connectivity index is 0.00000280. The number of guanidine groups is 1. The third kappa shape index (κ3) is 5.60. The molecule has 28 heavy (non-hydrogen) atoms. The Morgan fingerprint density at radius 1 is 1.32 bits per heavy atom. The number of methoxy groups -OCH3 is 1. The fourth-order valence-corrected chi connectivity index (χ4v) is 2.90. The van der Waals surface area contributed by atoms with E-state index >= 15 is 0 Å². The van der Waals surface area contributed by atoms with Crippen LogP contribution < -0.4 is 25.3 Å². The summed E-state index contributed by atoms with van der Waals surface area (Å²) >= 11 is 0. The van der Waals surface area contributed by atoms with Gasteiger partial charge in [0.25, 0.3) is 0 Å². The van der Waals surface area contributed by atoms with E-state index < -0.39 is 6.61 Å². The molecule has 0 aliphatic carbocycles. The zero-order chi connectivity index (χ0) is 19.2. The Morgan fingerprint density at radius 3 is 2.86 bits per heavy atom. The van der Waals surface area contributed by atoms with Gasteiger partial charge in [-0.3, -0.25) is 0 Å². The van der Waals surface area contributed by atoms with E-state index in [2.05, 4.69) is 15.0 Å². The van der Waals surface area contributed by atoms with Crippen LogP contribution in [-0.2, 0) is 6.54 Å². The summed E-state index contributed by atoms with van der Waals surface area (Å²) in [7, 11) is 1.49. The summed E-state index contributed by atoms with van der Waals surface area (Å²) in [5, 5.41) is 3.16. The first kappa shape index (κ1) is 22.0. The van der Waals surface area contributed by atoms with Gasteiger partial charge in [-0.05, 0) is 24.3 Å². The standard InChI is InChI=1S/C19H21F2N3O3.HI/c1-25-13-6-7-16(27-18(20)21)12(10-13)11-23-19(22)24-15-8-9-26-17-5-3-2-4-14(15)17;/h2-7,10,15,18H,8-9,11H2,1H3,(H3,22,23,24);1H. The molecule has 9 heteroatoms. The van der Waals surface area contributed by atoms with Crippen molar-refractivity contribution in [2.75, 3.05) is 13.7 Å². The molecule has 2 aromatic rings. The number of alkyl halides is 2. The van der Waals surface area contributed by atoms with Crippen LogP contribution in [0.25, 0.3) is 0 Å². The number of rotatable bonds is 6. The van der Waals surface area contributed by atoms with Gasteiger partial charge >= 0.3 is 6.61 Å². The largest absolute Gasteiger partial charge is 0.497 e. The Labute approximate surface area is 179 Å². The molecule has 0 amide bonds. The van der Waals surface area contributed by atoms with Crippen molar-refractivity contribution in [2.24, 2.45) is 10.7 Å². The monoisotopic (exact) mass is 505 g/mol. The number of halogens is 3. The summed E-state index contributed by atoms with van der Waals surface area (Å²) in [5.41, 5.74) is 7.46. The van der Waals surface area contributed by atoms with Crippen LogP contribution in [0, 0.1) is 0 Å². The third-order valence-corrected chi connectivity index (χ3v) is 4.18. The molecular formula is C19H22F2IN3O3. The summed E-state index contributed by atoms with van der Waals surface area (Å²) in [4.78, 5) is 4.27. The highest BCUT2D eigenvalue weighted by molar-refractivity contribution is 14.0. The quantitative estimate of drug-likeness (QED) is 0.355. The zero-order valence-corrected chi connectivity index (χ0v) is 17.6. The SMILES string of the molecule is COc1ccc(OC(F)F)c(CN=C(N)NC2CCOc3ccccc32)c1.I. The van der Waals surface area contributed by atoms with E-state index in [0.717, 1.165) is 17.7 Å². The second-order valence-corrected chi connectivity index (χ2v) is 5.93. The van der Waals surface area contributed by atoms with Crippen molar-refractivity contribution in [3.63, 3.8) is 0 Å². The lowest BCUT2D eigenvalue weighted by Gasteiger charge is -2.27. The van der Waals surface area contributed by atoms with Gasteiger partial charge < -0.3 is 25.3 Å². The Hall–Kier alpha value is -2.30. The molecule has 0 aromatic heterocycles. The fraction of sp³-hybridized carbons (Fsp3) is 0.316. The van der Waals surface area contributed by atoms with Gasteiger partial charge in [0.15, 0.2) is 5.96 Å². The van der Waals surface area contributed by atoms with Crippen molar-refractivity contribution in [1.82, 2.24) is 5.32 Å². The van der Waals surface area contributed by atoms with Crippen LogP contribution >= 0.6 is 24.0 Å². The molecule has 3 N–H and O–H groups in total.